The highest BCUT2D eigenvalue weighted by molar-refractivity contribution is 4.78. The summed E-state index contributed by atoms with van der Waals surface area (Å²) in [5.74, 6) is 0. The van der Waals surface area contributed by atoms with E-state index in [2.05, 4.69) is 24.1 Å². The fourth-order valence-corrected chi connectivity index (χ4v) is 2.03. The summed E-state index contributed by atoms with van der Waals surface area (Å²) in [6, 6.07) is 0.568. The highest BCUT2D eigenvalue weighted by atomic mass is 19.4. The second-order valence-electron chi connectivity index (χ2n) is 5.05. The van der Waals surface area contributed by atoms with Crippen molar-refractivity contribution in [2.24, 2.45) is 0 Å². The first-order chi connectivity index (χ1) is 8.38. The normalized spacial score (nSPS) is 22.7. The predicted octanol–water partition coefficient (Wildman–Crippen LogP) is 2.03. The zero-order valence-corrected chi connectivity index (χ0v) is 11.1. The molecule has 1 aliphatic heterocycles. The molecule has 1 rings (SSSR count). The van der Waals surface area contributed by atoms with E-state index in [0.29, 0.717) is 25.8 Å². The lowest BCUT2D eigenvalue weighted by Gasteiger charge is -2.36. The first kappa shape index (κ1) is 15.7. The Bertz CT molecular complexity index is 234. The number of alkyl halides is 3. The fraction of sp³-hybridized carbons (Fsp3) is 1.00. The van der Waals surface area contributed by atoms with Crippen LogP contribution >= 0.6 is 0 Å². The molecule has 0 spiro atoms. The van der Waals surface area contributed by atoms with E-state index >= 15 is 0 Å². The summed E-state index contributed by atoms with van der Waals surface area (Å²) < 4.78 is 41.7. The number of hydrogen-bond acceptors (Lipinski definition) is 3. The first-order valence-electron chi connectivity index (χ1n) is 6.50. The van der Waals surface area contributed by atoms with E-state index in [1.54, 1.807) is 0 Å². The van der Waals surface area contributed by atoms with Gasteiger partial charge in [0.1, 0.15) is 0 Å². The molecule has 1 unspecified atom stereocenters. The van der Waals surface area contributed by atoms with Crippen molar-refractivity contribution in [2.75, 3.05) is 32.8 Å². The zero-order valence-electron chi connectivity index (χ0n) is 11.1. The first-order valence-corrected chi connectivity index (χ1v) is 6.50. The van der Waals surface area contributed by atoms with Gasteiger partial charge in [0.05, 0.1) is 13.2 Å². The number of ether oxygens (including phenoxy) is 1. The maximum absolute atomic E-state index is 12.1. The Hall–Kier alpha value is -0.330. The second kappa shape index (κ2) is 7.31. The van der Waals surface area contributed by atoms with Gasteiger partial charge in [0.25, 0.3) is 0 Å². The van der Waals surface area contributed by atoms with Crippen LogP contribution in [0.25, 0.3) is 0 Å². The fourth-order valence-electron chi connectivity index (χ4n) is 2.03. The van der Waals surface area contributed by atoms with Crippen molar-refractivity contribution in [3.63, 3.8) is 0 Å². The third kappa shape index (κ3) is 6.56. The summed E-state index contributed by atoms with van der Waals surface area (Å²) in [6.07, 6.45) is -4.58. The van der Waals surface area contributed by atoms with E-state index in [-0.39, 0.29) is 12.5 Å². The molecule has 3 nitrogen and oxygen atoms in total. The molecule has 1 atom stereocenters. The maximum atomic E-state index is 12.1. The van der Waals surface area contributed by atoms with Crippen LogP contribution in [0.1, 0.15) is 26.7 Å². The average molecular weight is 268 g/mol. The molecule has 1 fully saturated rings. The van der Waals surface area contributed by atoms with Gasteiger partial charge in [-0.05, 0) is 13.0 Å². The Morgan fingerprint density at radius 1 is 1.39 bits per heavy atom. The molecular formula is C12H23F3N2O. The molecule has 108 valence electrons. The number of halogens is 3. The van der Waals surface area contributed by atoms with E-state index in [1.165, 1.54) is 0 Å². The molecule has 0 amide bonds. The summed E-state index contributed by atoms with van der Waals surface area (Å²) in [4.78, 5) is 2.10. The van der Waals surface area contributed by atoms with Crippen LogP contribution in [-0.2, 0) is 4.74 Å². The molecule has 1 aliphatic rings. The summed E-state index contributed by atoms with van der Waals surface area (Å²) in [5, 5.41) is 3.31. The van der Waals surface area contributed by atoms with Crippen molar-refractivity contribution in [2.45, 2.75) is 44.9 Å². The van der Waals surface area contributed by atoms with Crippen molar-refractivity contribution in [1.82, 2.24) is 10.2 Å². The van der Waals surface area contributed by atoms with Gasteiger partial charge in [-0.3, -0.25) is 4.90 Å². The van der Waals surface area contributed by atoms with Crippen molar-refractivity contribution < 1.29 is 17.9 Å². The van der Waals surface area contributed by atoms with Gasteiger partial charge < -0.3 is 10.1 Å². The monoisotopic (exact) mass is 268 g/mol. The number of hydrogen-bond donors (Lipinski definition) is 1. The van der Waals surface area contributed by atoms with Crippen LogP contribution in [0.4, 0.5) is 13.2 Å². The van der Waals surface area contributed by atoms with Gasteiger partial charge in [-0.25, -0.2) is 0 Å². The Labute approximate surface area is 107 Å². The molecule has 0 aliphatic carbocycles. The van der Waals surface area contributed by atoms with Gasteiger partial charge in [0, 0.05) is 31.6 Å². The van der Waals surface area contributed by atoms with E-state index in [1.807, 2.05) is 0 Å². The Kier molecular flexibility index (Phi) is 6.38. The van der Waals surface area contributed by atoms with Crippen molar-refractivity contribution in [3.8, 4) is 0 Å². The van der Waals surface area contributed by atoms with Crippen LogP contribution in [0.15, 0.2) is 0 Å². The maximum Gasteiger partial charge on any atom is 0.389 e. The van der Waals surface area contributed by atoms with Gasteiger partial charge in [-0.2, -0.15) is 13.2 Å². The van der Waals surface area contributed by atoms with Gasteiger partial charge in [0.15, 0.2) is 0 Å². The second-order valence-corrected chi connectivity index (χ2v) is 5.05. The molecule has 0 radical (unpaired) electrons. The zero-order chi connectivity index (χ0) is 13.6. The third-order valence-electron chi connectivity index (χ3n) is 3.02. The minimum atomic E-state index is -4.04. The molecule has 0 saturated carbocycles. The summed E-state index contributed by atoms with van der Waals surface area (Å²) >= 11 is 0. The minimum absolute atomic E-state index is 0.168. The van der Waals surface area contributed by atoms with Crippen molar-refractivity contribution in [3.05, 3.63) is 0 Å². The SMILES string of the molecule is CC(C)NCC1COCCN1CCCC(F)(F)F. The van der Waals surface area contributed by atoms with E-state index in [0.717, 1.165) is 13.1 Å². The number of nitrogens with one attached hydrogen (secondary N) is 1. The van der Waals surface area contributed by atoms with Gasteiger partial charge in [-0.1, -0.05) is 13.8 Å². The lowest BCUT2D eigenvalue weighted by atomic mass is 10.2. The quantitative estimate of drug-likeness (QED) is 0.797. The van der Waals surface area contributed by atoms with Crippen LogP contribution < -0.4 is 5.32 Å². The topological polar surface area (TPSA) is 24.5 Å². The number of nitrogens with zero attached hydrogens (tertiary/aromatic N) is 1. The Morgan fingerprint density at radius 3 is 2.72 bits per heavy atom. The Balaban J connectivity index is 2.30. The van der Waals surface area contributed by atoms with Crippen molar-refractivity contribution in [1.29, 1.82) is 0 Å². The van der Waals surface area contributed by atoms with Crippen LogP contribution in [0.3, 0.4) is 0 Å². The van der Waals surface area contributed by atoms with Crippen LogP contribution in [0.2, 0.25) is 0 Å². The van der Waals surface area contributed by atoms with E-state index in [9.17, 15) is 13.2 Å². The van der Waals surface area contributed by atoms with Crippen LogP contribution in [0.5, 0.6) is 0 Å². The van der Waals surface area contributed by atoms with Crippen LogP contribution in [0, 0.1) is 0 Å². The highest BCUT2D eigenvalue weighted by Gasteiger charge is 2.28. The summed E-state index contributed by atoms with van der Waals surface area (Å²) in [5.41, 5.74) is 0. The van der Waals surface area contributed by atoms with Crippen molar-refractivity contribution >= 4 is 0 Å². The molecule has 1 saturated heterocycles. The number of morpholine rings is 1. The summed E-state index contributed by atoms with van der Waals surface area (Å²) in [7, 11) is 0. The molecule has 6 heteroatoms. The predicted molar refractivity (Wildman–Crippen MR) is 64.6 cm³/mol. The van der Waals surface area contributed by atoms with E-state index < -0.39 is 12.6 Å². The molecule has 0 aromatic heterocycles. The molecular weight excluding hydrogens is 245 g/mol. The smallest absolute Gasteiger partial charge is 0.378 e. The molecule has 0 bridgehead atoms. The van der Waals surface area contributed by atoms with Crippen LogP contribution in [-0.4, -0.2) is 56.0 Å². The standard InChI is InChI=1S/C12H23F3N2O/c1-10(2)16-8-11-9-18-7-6-17(11)5-3-4-12(13,14)15/h10-11,16H,3-9H2,1-2H3. The lowest BCUT2D eigenvalue weighted by molar-refractivity contribution is -0.137. The molecule has 0 aromatic carbocycles. The van der Waals surface area contributed by atoms with Gasteiger partial charge in [0.2, 0.25) is 0 Å². The average Bonchev–Trinajstić information content (AvgIpc) is 2.26. The molecule has 1 heterocycles. The van der Waals surface area contributed by atoms with Gasteiger partial charge in [-0.15, -0.1) is 0 Å². The third-order valence-corrected chi connectivity index (χ3v) is 3.02. The molecule has 18 heavy (non-hydrogen) atoms. The highest BCUT2D eigenvalue weighted by Crippen LogP contribution is 2.22. The summed E-state index contributed by atoms with van der Waals surface area (Å²) in [6.45, 7) is 7.31. The van der Waals surface area contributed by atoms with E-state index in [4.69, 9.17) is 4.74 Å². The largest absolute Gasteiger partial charge is 0.389 e. The molecule has 0 aromatic rings. The lowest BCUT2D eigenvalue weighted by Crippen LogP contribution is -2.51. The van der Waals surface area contributed by atoms with Gasteiger partial charge >= 0.3 is 6.18 Å². The molecule has 1 N–H and O–H groups in total. The minimum Gasteiger partial charge on any atom is -0.378 e. The number of rotatable bonds is 6. The Morgan fingerprint density at radius 2 is 2.11 bits per heavy atom.